The summed E-state index contributed by atoms with van der Waals surface area (Å²) in [6.07, 6.45) is 3.57. The Kier molecular flexibility index (Phi) is 3.03. The van der Waals surface area contributed by atoms with Crippen molar-refractivity contribution in [3.05, 3.63) is 47.5 Å². The molecule has 19 heavy (non-hydrogen) atoms. The Hall–Kier alpha value is -2.16. The Morgan fingerprint density at radius 2 is 1.68 bits per heavy atom. The SMILES string of the molecule is COc1cc(N)cc(Oc2ccc3c(c2)CCC3)c1. The number of ether oxygens (including phenoxy) is 2. The van der Waals surface area contributed by atoms with Crippen LogP contribution >= 0.6 is 0 Å². The first-order valence-electron chi connectivity index (χ1n) is 6.49. The summed E-state index contributed by atoms with van der Waals surface area (Å²) in [5, 5.41) is 0. The van der Waals surface area contributed by atoms with Gasteiger partial charge in [0.05, 0.1) is 7.11 Å². The Morgan fingerprint density at radius 3 is 2.53 bits per heavy atom. The van der Waals surface area contributed by atoms with E-state index < -0.39 is 0 Å². The van der Waals surface area contributed by atoms with E-state index in [-0.39, 0.29) is 0 Å². The molecule has 0 radical (unpaired) electrons. The van der Waals surface area contributed by atoms with Crippen molar-refractivity contribution < 1.29 is 9.47 Å². The Labute approximate surface area is 113 Å². The van der Waals surface area contributed by atoms with Crippen LogP contribution < -0.4 is 15.2 Å². The summed E-state index contributed by atoms with van der Waals surface area (Å²) in [7, 11) is 1.62. The van der Waals surface area contributed by atoms with Crippen molar-refractivity contribution in [3.63, 3.8) is 0 Å². The molecule has 0 aromatic heterocycles. The summed E-state index contributed by atoms with van der Waals surface area (Å²) in [5.41, 5.74) is 9.29. The number of nitrogens with two attached hydrogens (primary N) is 1. The average molecular weight is 255 g/mol. The van der Waals surface area contributed by atoms with Crippen LogP contribution in [0.2, 0.25) is 0 Å². The number of nitrogen functional groups attached to an aromatic ring is 1. The number of aryl methyl sites for hydroxylation is 2. The monoisotopic (exact) mass is 255 g/mol. The van der Waals surface area contributed by atoms with Crippen LogP contribution in [0.15, 0.2) is 36.4 Å². The maximum absolute atomic E-state index is 5.87. The van der Waals surface area contributed by atoms with Crippen LogP contribution in [0.25, 0.3) is 0 Å². The van der Waals surface area contributed by atoms with E-state index in [1.54, 1.807) is 19.2 Å². The van der Waals surface area contributed by atoms with Crippen LogP contribution in [0.5, 0.6) is 17.2 Å². The quantitative estimate of drug-likeness (QED) is 0.853. The molecule has 1 aliphatic rings. The van der Waals surface area contributed by atoms with Crippen LogP contribution in [-0.2, 0) is 12.8 Å². The van der Waals surface area contributed by atoms with E-state index in [9.17, 15) is 0 Å². The van der Waals surface area contributed by atoms with Crippen molar-refractivity contribution in [2.45, 2.75) is 19.3 Å². The molecular formula is C16H17NO2. The highest BCUT2D eigenvalue weighted by Crippen LogP contribution is 2.31. The van der Waals surface area contributed by atoms with Crippen LogP contribution in [0.4, 0.5) is 5.69 Å². The average Bonchev–Trinajstić information content (AvgIpc) is 2.85. The molecular weight excluding hydrogens is 238 g/mol. The van der Waals surface area contributed by atoms with Crippen LogP contribution in [0, 0.1) is 0 Å². The molecule has 0 saturated heterocycles. The largest absolute Gasteiger partial charge is 0.497 e. The molecule has 1 aliphatic carbocycles. The van der Waals surface area contributed by atoms with E-state index in [1.807, 2.05) is 12.1 Å². The van der Waals surface area contributed by atoms with E-state index in [2.05, 4.69) is 12.1 Å². The zero-order valence-corrected chi connectivity index (χ0v) is 11.0. The number of anilines is 1. The van der Waals surface area contributed by atoms with Crippen LogP contribution in [-0.4, -0.2) is 7.11 Å². The van der Waals surface area contributed by atoms with Crippen molar-refractivity contribution >= 4 is 5.69 Å². The summed E-state index contributed by atoms with van der Waals surface area (Å²) in [6, 6.07) is 11.7. The van der Waals surface area contributed by atoms with Gasteiger partial charge in [0.2, 0.25) is 0 Å². The number of rotatable bonds is 3. The first-order chi connectivity index (χ1) is 9.24. The summed E-state index contributed by atoms with van der Waals surface area (Å²) >= 11 is 0. The molecule has 0 spiro atoms. The zero-order chi connectivity index (χ0) is 13.2. The first kappa shape index (κ1) is 11.9. The zero-order valence-electron chi connectivity index (χ0n) is 11.0. The molecule has 0 aliphatic heterocycles. The molecule has 3 nitrogen and oxygen atoms in total. The van der Waals surface area contributed by atoms with Gasteiger partial charge in [0.1, 0.15) is 17.2 Å². The Balaban J connectivity index is 1.86. The van der Waals surface area contributed by atoms with Gasteiger partial charge in [0.15, 0.2) is 0 Å². The number of hydrogen-bond donors (Lipinski definition) is 1. The molecule has 3 heteroatoms. The van der Waals surface area contributed by atoms with E-state index in [0.717, 1.165) is 12.2 Å². The Bertz CT molecular complexity index is 608. The highest BCUT2D eigenvalue weighted by molar-refractivity contribution is 5.51. The van der Waals surface area contributed by atoms with Crippen LogP contribution in [0.1, 0.15) is 17.5 Å². The number of fused-ring (bicyclic) bond motifs is 1. The van der Waals surface area contributed by atoms with E-state index in [0.29, 0.717) is 17.2 Å². The van der Waals surface area contributed by atoms with Gasteiger partial charge in [-0.2, -0.15) is 0 Å². The summed E-state index contributed by atoms with van der Waals surface area (Å²) < 4.78 is 11.1. The van der Waals surface area contributed by atoms with Gasteiger partial charge in [-0.3, -0.25) is 0 Å². The lowest BCUT2D eigenvalue weighted by Crippen LogP contribution is -1.92. The fraction of sp³-hybridized carbons (Fsp3) is 0.250. The number of hydrogen-bond acceptors (Lipinski definition) is 3. The molecule has 0 saturated carbocycles. The standard InChI is InChI=1S/C16H17NO2/c1-18-15-8-13(17)9-16(10-15)19-14-6-5-11-3-2-4-12(11)7-14/h5-10H,2-4,17H2,1H3. The summed E-state index contributed by atoms with van der Waals surface area (Å²) in [4.78, 5) is 0. The summed E-state index contributed by atoms with van der Waals surface area (Å²) in [6.45, 7) is 0. The third-order valence-corrected chi connectivity index (χ3v) is 3.44. The van der Waals surface area contributed by atoms with Gasteiger partial charge in [-0.05, 0) is 42.5 Å². The lowest BCUT2D eigenvalue weighted by Gasteiger charge is -2.10. The molecule has 0 atom stereocenters. The lowest BCUT2D eigenvalue weighted by atomic mass is 10.1. The highest BCUT2D eigenvalue weighted by Gasteiger charge is 2.11. The molecule has 98 valence electrons. The molecule has 2 N–H and O–H groups in total. The molecule has 0 fully saturated rings. The van der Waals surface area contributed by atoms with E-state index >= 15 is 0 Å². The molecule has 0 amide bonds. The molecule has 0 bridgehead atoms. The number of benzene rings is 2. The van der Waals surface area contributed by atoms with Crippen molar-refractivity contribution in [1.82, 2.24) is 0 Å². The van der Waals surface area contributed by atoms with Crippen LogP contribution in [0.3, 0.4) is 0 Å². The van der Waals surface area contributed by atoms with E-state index in [1.165, 1.54) is 24.0 Å². The molecule has 2 aromatic rings. The molecule has 2 aromatic carbocycles. The van der Waals surface area contributed by atoms with Gasteiger partial charge in [0, 0.05) is 23.9 Å². The molecule has 0 unspecified atom stereocenters. The van der Waals surface area contributed by atoms with Gasteiger partial charge < -0.3 is 15.2 Å². The fourth-order valence-electron chi connectivity index (χ4n) is 2.52. The van der Waals surface area contributed by atoms with Crippen molar-refractivity contribution in [1.29, 1.82) is 0 Å². The predicted molar refractivity (Wildman–Crippen MR) is 75.9 cm³/mol. The third-order valence-electron chi connectivity index (χ3n) is 3.44. The van der Waals surface area contributed by atoms with Gasteiger partial charge >= 0.3 is 0 Å². The smallest absolute Gasteiger partial charge is 0.133 e. The number of methoxy groups -OCH3 is 1. The maximum atomic E-state index is 5.87. The predicted octanol–water partition coefficient (Wildman–Crippen LogP) is 3.56. The maximum Gasteiger partial charge on any atom is 0.133 e. The van der Waals surface area contributed by atoms with Gasteiger partial charge in [-0.15, -0.1) is 0 Å². The summed E-state index contributed by atoms with van der Waals surface area (Å²) in [5.74, 6) is 2.26. The fourth-order valence-corrected chi connectivity index (χ4v) is 2.52. The van der Waals surface area contributed by atoms with Crippen molar-refractivity contribution in [3.8, 4) is 17.2 Å². The second kappa shape index (κ2) is 4.84. The lowest BCUT2D eigenvalue weighted by molar-refractivity contribution is 0.409. The van der Waals surface area contributed by atoms with Crippen molar-refractivity contribution in [2.75, 3.05) is 12.8 Å². The highest BCUT2D eigenvalue weighted by atomic mass is 16.5. The van der Waals surface area contributed by atoms with Gasteiger partial charge in [-0.25, -0.2) is 0 Å². The second-order valence-electron chi connectivity index (χ2n) is 4.83. The minimum atomic E-state index is 0.635. The molecule has 3 rings (SSSR count). The minimum Gasteiger partial charge on any atom is -0.497 e. The van der Waals surface area contributed by atoms with Gasteiger partial charge in [0.25, 0.3) is 0 Å². The second-order valence-corrected chi connectivity index (χ2v) is 4.83. The normalized spacial score (nSPS) is 13.1. The minimum absolute atomic E-state index is 0.635. The van der Waals surface area contributed by atoms with Gasteiger partial charge in [-0.1, -0.05) is 6.07 Å². The third kappa shape index (κ3) is 2.50. The molecule has 0 heterocycles. The Morgan fingerprint density at radius 1 is 0.895 bits per heavy atom. The van der Waals surface area contributed by atoms with E-state index in [4.69, 9.17) is 15.2 Å². The topological polar surface area (TPSA) is 44.5 Å². The van der Waals surface area contributed by atoms with Crippen molar-refractivity contribution in [2.24, 2.45) is 0 Å². The first-order valence-corrected chi connectivity index (χ1v) is 6.49.